The predicted molar refractivity (Wildman–Crippen MR) is 61.9 cm³/mol. The minimum atomic E-state index is 0.781. The largest absolute Gasteiger partial charge is 0.497 e. The van der Waals surface area contributed by atoms with Crippen molar-refractivity contribution < 1.29 is 4.74 Å². The molecule has 0 amide bonds. The van der Waals surface area contributed by atoms with Crippen molar-refractivity contribution in [1.82, 2.24) is 4.90 Å². The molecular weight excluding hydrogens is 188 g/mol. The molecule has 0 atom stereocenters. The van der Waals surface area contributed by atoms with Crippen LogP contribution in [0.3, 0.4) is 0 Å². The highest BCUT2D eigenvalue weighted by atomic mass is 16.5. The second-order valence-corrected chi connectivity index (χ2v) is 4.10. The van der Waals surface area contributed by atoms with Gasteiger partial charge in [0, 0.05) is 18.3 Å². The molecule has 0 bridgehead atoms. The van der Waals surface area contributed by atoms with E-state index in [9.17, 15) is 0 Å². The van der Waals surface area contributed by atoms with Gasteiger partial charge in [0.25, 0.3) is 0 Å². The maximum absolute atomic E-state index is 5.81. The van der Waals surface area contributed by atoms with Gasteiger partial charge in [-0.1, -0.05) is 0 Å². The molecule has 3 heteroatoms. The molecule has 1 aliphatic heterocycles. The Bertz CT molecular complexity index is 332. The van der Waals surface area contributed by atoms with Crippen LogP contribution in [0.2, 0.25) is 0 Å². The number of rotatable bonds is 3. The van der Waals surface area contributed by atoms with Gasteiger partial charge in [0.2, 0.25) is 0 Å². The van der Waals surface area contributed by atoms with Crippen LogP contribution in [-0.4, -0.2) is 25.1 Å². The van der Waals surface area contributed by atoms with Gasteiger partial charge in [0.1, 0.15) is 5.75 Å². The molecule has 82 valence electrons. The molecule has 0 radical (unpaired) electrons. The van der Waals surface area contributed by atoms with Crippen LogP contribution >= 0.6 is 0 Å². The summed E-state index contributed by atoms with van der Waals surface area (Å²) < 4.78 is 5.20. The van der Waals surface area contributed by atoms with Gasteiger partial charge in [0.15, 0.2) is 0 Å². The lowest BCUT2D eigenvalue weighted by Crippen LogP contribution is -2.18. The lowest BCUT2D eigenvalue weighted by atomic mass is 10.2. The molecule has 2 N–H and O–H groups in total. The third-order valence-corrected chi connectivity index (χ3v) is 2.83. The summed E-state index contributed by atoms with van der Waals surface area (Å²) in [6.45, 7) is 3.40. The van der Waals surface area contributed by atoms with Gasteiger partial charge in [-0.3, -0.25) is 4.90 Å². The first-order valence-electron chi connectivity index (χ1n) is 5.44. The van der Waals surface area contributed by atoms with Crippen LogP contribution in [-0.2, 0) is 6.54 Å². The summed E-state index contributed by atoms with van der Waals surface area (Å²) in [5, 5.41) is 0. The highest BCUT2D eigenvalue weighted by molar-refractivity contribution is 5.47. The van der Waals surface area contributed by atoms with Crippen molar-refractivity contribution in [2.75, 3.05) is 25.9 Å². The summed E-state index contributed by atoms with van der Waals surface area (Å²) in [7, 11) is 1.68. The highest BCUT2D eigenvalue weighted by Gasteiger charge is 2.12. The molecule has 1 saturated heterocycles. The van der Waals surface area contributed by atoms with Crippen LogP contribution in [0.1, 0.15) is 18.4 Å². The number of hydrogen-bond acceptors (Lipinski definition) is 3. The maximum atomic E-state index is 5.81. The van der Waals surface area contributed by atoms with Gasteiger partial charge in [-0.05, 0) is 43.6 Å². The molecular formula is C12H18N2O. The van der Waals surface area contributed by atoms with Crippen LogP contribution in [0.4, 0.5) is 5.69 Å². The zero-order valence-corrected chi connectivity index (χ0v) is 9.20. The minimum absolute atomic E-state index is 0.781. The Balaban J connectivity index is 2.09. The van der Waals surface area contributed by atoms with E-state index in [1.165, 1.54) is 31.5 Å². The third-order valence-electron chi connectivity index (χ3n) is 2.83. The standard InChI is InChI=1S/C12H18N2O/c1-15-12-7-10(6-11(13)8-12)9-14-4-2-3-5-14/h6-8H,2-5,9,13H2,1H3. The number of nitrogens with two attached hydrogens (primary N) is 1. The molecule has 1 fully saturated rings. The lowest BCUT2D eigenvalue weighted by molar-refractivity contribution is 0.330. The first-order chi connectivity index (χ1) is 7.28. The van der Waals surface area contributed by atoms with Crippen molar-refractivity contribution in [1.29, 1.82) is 0 Å². The molecule has 3 nitrogen and oxygen atoms in total. The van der Waals surface area contributed by atoms with Gasteiger partial charge >= 0.3 is 0 Å². The van der Waals surface area contributed by atoms with Gasteiger partial charge in [-0.2, -0.15) is 0 Å². The molecule has 0 saturated carbocycles. The molecule has 0 aromatic heterocycles. The van der Waals surface area contributed by atoms with E-state index in [1.807, 2.05) is 12.1 Å². The number of likely N-dealkylation sites (tertiary alicyclic amines) is 1. The fourth-order valence-electron chi connectivity index (χ4n) is 2.09. The monoisotopic (exact) mass is 206 g/mol. The smallest absolute Gasteiger partial charge is 0.121 e. The van der Waals surface area contributed by atoms with Crippen molar-refractivity contribution in [3.05, 3.63) is 23.8 Å². The van der Waals surface area contributed by atoms with Crippen LogP contribution < -0.4 is 10.5 Å². The van der Waals surface area contributed by atoms with Crippen molar-refractivity contribution in [3.63, 3.8) is 0 Å². The number of anilines is 1. The summed E-state index contributed by atoms with van der Waals surface area (Å²) in [6, 6.07) is 5.95. The summed E-state index contributed by atoms with van der Waals surface area (Å²) in [5.74, 6) is 0.851. The van der Waals surface area contributed by atoms with Crippen molar-refractivity contribution in [2.45, 2.75) is 19.4 Å². The summed E-state index contributed by atoms with van der Waals surface area (Å²) in [5.41, 5.74) is 7.84. The molecule has 15 heavy (non-hydrogen) atoms. The van der Waals surface area contributed by atoms with E-state index in [2.05, 4.69) is 11.0 Å². The molecule has 0 spiro atoms. The van der Waals surface area contributed by atoms with Gasteiger partial charge in [0.05, 0.1) is 7.11 Å². The molecule has 2 rings (SSSR count). The fourth-order valence-corrected chi connectivity index (χ4v) is 2.09. The summed E-state index contributed by atoms with van der Waals surface area (Å²) in [6.07, 6.45) is 2.64. The second kappa shape index (κ2) is 4.53. The van der Waals surface area contributed by atoms with E-state index in [0.29, 0.717) is 0 Å². The first-order valence-corrected chi connectivity index (χ1v) is 5.44. The van der Waals surface area contributed by atoms with Crippen molar-refractivity contribution in [2.24, 2.45) is 0 Å². The Morgan fingerprint density at radius 3 is 2.67 bits per heavy atom. The van der Waals surface area contributed by atoms with Crippen LogP contribution in [0.15, 0.2) is 18.2 Å². The quantitative estimate of drug-likeness (QED) is 0.767. The average Bonchev–Trinajstić information content (AvgIpc) is 2.69. The maximum Gasteiger partial charge on any atom is 0.121 e. The fraction of sp³-hybridized carbons (Fsp3) is 0.500. The zero-order valence-electron chi connectivity index (χ0n) is 9.20. The predicted octanol–water partition coefficient (Wildman–Crippen LogP) is 1.87. The normalized spacial score (nSPS) is 16.9. The topological polar surface area (TPSA) is 38.5 Å². The zero-order chi connectivity index (χ0) is 10.7. The summed E-state index contributed by atoms with van der Waals surface area (Å²) in [4.78, 5) is 2.45. The van der Waals surface area contributed by atoms with Gasteiger partial charge < -0.3 is 10.5 Å². The van der Waals surface area contributed by atoms with E-state index >= 15 is 0 Å². The first kappa shape index (κ1) is 10.3. The Morgan fingerprint density at radius 1 is 1.27 bits per heavy atom. The van der Waals surface area contributed by atoms with Crippen LogP contribution in [0.5, 0.6) is 5.75 Å². The lowest BCUT2D eigenvalue weighted by Gasteiger charge is -2.15. The number of ether oxygens (including phenoxy) is 1. The van der Waals surface area contributed by atoms with Crippen LogP contribution in [0.25, 0.3) is 0 Å². The van der Waals surface area contributed by atoms with E-state index in [0.717, 1.165) is 18.0 Å². The van der Waals surface area contributed by atoms with Crippen LogP contribution in [0, 0.1) is 0 Å². The van der Waals surface area contributed by atoms with E-state index in [1.54, 1.807) is 7.11 Å². The Kier molecular flexibility index (Phi) is 3.11. The Morgan fingerprint density at radius 2 is 2.00 bits per heavy atom. The average molecular weight is 206 g/mol. The van der Waals surface area contributed by atoms with Gasteiger partial charge in [-0.15, -0.1) is 0 Å². The highest BCUT2D eigenvalue weighted by Crippen LogP contribution is 2.21. The minimum Gasteiger partial charge on any atom is -0.497 e. The molecule has 1 aliphatic rings. The number of methoxy groups -OCH3 is 1. The molecule has 1 aromatic carbocycles. The number of nitrogen functional groups attached to an aromatic ring is 1. The number of benzene rings is 1. The van der Waals surface area contributed by atoms with Gasteiger partial charge in [-0.25, -0.2) is 0 Å². The molecule has 0 unspecified atom stereocenters. The Hall–Kier alpha value is -1.22. The third kappa shape index (κ3) is 2.63. The Labute approximate surface area is 90.8 Å². The molecule has 1 aromatic rings. The summed E-state index contributed by atoms with van der Waals surface area (Å²) >= 11 is 0. The molecule has 1 heterocycles. The molecule has 0 aliphatic carbocycles. The SMILES string of the molecule is COc1cc(N)cc(CN2CCCC2)c1. The number of hydrogen-bond donors (Lipinski definition) is 1. The number of nitrogens with zero attached hydrogens (tertiary/aromatic N) is 1. The van der Waals surface area contributed by atoms with Crippen molar-refractivity contribution >= 4 is 5.69 Å². The second-order valence-electron chi connectivity index (χ2n) is 4.10. The van der Waals surface area contributed by atoms with E-state index < -0.39 is 0 Å². The van der Waals surface area contributed by atoms with Crippen molar-refractivity contribution in [3.8, 4) is 5.75 Å². The van der Waals surface area contributed by atoms with E-state index in [4.69, 9.17) is 10.5 Å². The van der Waals surface area contributed by atoms with E-state index in [-0.39, 0.29) is 0 Å².